The Morgan fingerprint density at radius 3 is 2.00 bits per heavy atom. The largest absolute Gasteiger partial charge is 0.481 e. The van der Waals surface area contributed by atoms with Crippen molar-refractivity contribution >= 4 is 5.97 Å². The second-order valence-corrected chi connectivity index (χ2v) is 5.92. The molecule has 0 amide bonds. The molecule has 0 bridgehead atoms. The van der Waals surface area contributed by atoms with Crippen LogP contribution < -0.4 is 0 Å². The molecule has 1 N–H and O–H groups in total. The van der Waals surface area contributed by atoms with Crippen LogP contribution in [0.15, 0.2) is 24.3 Å². The number of hydrogen-bond donors (Lipinski definition) is 1. The Bertz CT molecular complexity index is 292. The van der Waals surface area contributed by atoms with Gasteiger partial charge < -0.3 is 5.11 Å². The van der Waals surface area contributed by atoms with Crippen molar-refractivity contribution in [3.63, 3.8) is 0 Å². The Morgan fingerprint density at radius 2 is 1.43 bits per heavy atom. The van der Waals surface area contributed by atoms with Crippen LogP contribution in [0.25, 0.3) is 0 Å². The van der Waals surface area contributed by atoms with Crippen molar-refractivity contribution in [2.45, 2.75) is 90.4 Å². The van der Waals surface area contributed by atoms with E-state index in [0.29, 0.717) is 0 Å². The molecular formula is C19H34O2. The minimum atomic E-state index is -0.696. The van der Waals surface area contributed by atoms with Crippen molar-refractivity contribution in [3.8, 4) is 0 Å². The zero-order valence-corrected chi connectivity index (χ0v) is 13.9. The van der Waals surface area contributed by atoms with Crippen LogP contribution in [0, 0.1) is 0 Å². The summed E-state index contributed by atoms with van der Waals surface area (Å²) in [6.45, 7) is 6.42. The highest BCUT2D eigenvalue weighted by molar-refractivity contribution is 5.66. The minimum Gasteiger partial charge on any atom is -0.481 e. The summed E-state index contributed by atoms with van der Waals surface area (Å²) in [7, 11) is 0. The normalized spacial score (nSPS) is 11.1. The highest BCUT2D eigenvalue weighted by atomic mass is 16.4. The number of allylic oxidation sites excluding steroid dienone is 3. The third-order valence-corrected chi connectivity index (χ3v) is 3.71. The van der Waals surface area contributed by atoms with Crippen molar-refractivity contribution in [2.24, 2.45) is 0 Å². The zero-order chi connectivity index (χ0) is 15.8. The molecule has 0 radical (unpaired) electrons. The standard InChI is InChI=1S/C19H34O2/c1-3-4-5-12-15-18(2)16-13-10-8-6-7-9-11-14-17-19(20)21/h7,9H,2-6,8,10-17H2,1H3,(H,20,21). The van der Waals surface area contributed by atoms with Crippen molar-refractivity contribution in [2.75, 3.05) is 0 Å². The van der Waals surface area contributed by atoms with Gasteiger partial charge in [-0.05, 0) is 51.4 Å². The van der Waals surface area contributed by atoms with Crippen LogP contribution in [0.4, 0.5) is 0 Å². The Balaban J connectivity index is 3.25. The summed E-state index contributed by atoms with van der Waals surface area (Å²) in [5.74, 6) is -0.696. The van der Waals surface area contributed by atoms with E-state index < -0.39 is 5.97 Å². The number of carbonyl (C=O) groups is 1. The lowest BCUT2D eigenvalue weighted by Crippen LogP contribution is -1.92. The average Bonchev–Trinajstić information content (AvgIpc) is 2.45. The van der Waals surface area contributed by atoms with E-state index in [-0.39, 0.29) is 6.42 Å². The van der Waals surface area contributed by atoms with E-state index in [0.717, 1.165) is 19.3 Å². The molecule has 0 atom stereocenters. The lowest BCUT2D eigenvalue weighted by molar-refractivity contribution is -0.137. The van der Waals surface area contributed by atoms with Gasteiger partial charge in [-0.1, -0.05) is 56.9 Å². The van der Waals surface area contributed by atoms with E-state index in [9.17, 15) is 4.79 Å². The Hall–Kier alpha value is -1.05. The second kappa shape index (κ2) is 15.3. The molecule has 0 aliphatic rings. The highest BCUT2D eigenvalue weighted by Crippen LogP contribution is 2.15. The van der Waals surface area contributed by atoms with Crippen molar-refractivity contribution < 1.29 is 9.90 Å². The molecule has 0 aliphatic heterocycles. The molecule has 0 heterocycles. The van der Waals surface area contributed by atoms with Gasteiger partial charge in [0, 0.05) is 6.42 Å². The summed E-state index contributed by atoms with van der Waals surface area (Å²) in [6.07, 6.45) is 18.8. The maximum absolute atomic E-state index is 10.3. The van der Waals surface area contributed by atoms with Gasteiger partial charge in [-0.15, -0.1) is 0 Å². The summed E-state index contributed by atoms with van der Waals surface area (Å²) in [5, 5.41) is 8.51. The zero-order valence-electron chi connectivity index (χ0n) is 13.9. The van der Waals surface area contributed by atoms with Gasteiger partial charge in [-0.25, -0.2) is 0 Å². The maximum atomic E-state index is 10.3. The summed E-state index contributed by atoms with van der Waals surface area (Å²) in [4.78, 5) is 10.3. The lowest BCUT2D eigenvalue weighted by Gasteiger charge is -2.05. The van der Waals surface area contributed by atoms with Gasteiger partial charge >= 0.3 is 5.97 Å². The number of unbranched alkanes of at least 4 members (excludes halogenated alkanes) is 7. The molecule has 0 unspecified atom stereocenters. The van der Waals surface area contributed by atoms with E-state index >= 15 is 0 Å². The van der Waals surface area contributed by atoms with Gasteiger partial charge in [0.25, 0.3) is 0 Å². The van der Waals surface area contributed by atoms with E-state index in [4.69, 9.17) is 5.11 Å². The Kier molecular flexibility index (Phi) is 14.6. The molecule has 0 aromatic carbocycles. The first kappa shape index (κ1) is 19.9. The fraction of sp³-hybridized carbons (Fsp3) is 0.737. The summed E-state index contributed by atoms with van der Waals surface area (Å²) in [5.41, 5.74) is 1.43. The molecular weight excluding hydrogens is 260 g/mol. The van der Waals surface area contributed by atoms with E-state index in [2.05, 4.69) is 25.7 Å². The van der Waals surface area contributed by atoms with E-state index in [1.54, 1.807) is 0 Å². The summed E-state index contributed by atoms with van der Waals surface area (Å²) >= 11 is 0. The topological polar surface area (TPSA) is 37.3 Å². The molecule has 122 valence electrons. The molecule has 0 aromatic heterocycles. The van der Waals surface area contributed by atoms with Crippen LogP contribution in [0.2, 0.25) is 0 Å². The van der Waals surface area contributed by atoms with Gasteiger partial charge in [-0.2, -0.15) is 0 Å². The average molecular weight is 294 g/mol. The van der Waals surface area contributed by atoms with Crippen LogP contribution in [0.1, 0.15) is 90.4 Å². The fourth-order valence-corrected chi connectivity index (χ4v) is 2.35. The molecule has 0 saturated carbocycles. The van der Waals surface area contributed by atoms with Gasteiger partial charge in [-0.3, -0.25) is 4.79 Å². The molecule has 2 heteroatoms. The van der Waals surface area contributed by atoms with Crippen LogP contribution in [0.3, 0.4) is 0 Å². The molecule has 0 aromatic rings. The van der Waals surface area contributed by atoms with Gasteiger partial charge in [0.2, 0.25) is 0 Å². The number of carboxylic acid groups (broad SMARTS) is 1. The van der Waals surface area contributed by atoms with Crippen LogP contribution in [-0.2, 0) is 4.79 Å². The third kappa shape index (κ3) is 16.9. The molecule has 0 saturated heterocycles. The lowest BCUT2D eigenvalue weighted by atomic mass is 10.0. The molecule has 0 spiro atoms. The van der Waals surface area contributed by atoms with Gasteiger partial charge in [0.05, 0.1) is 0 Å². The second-order valence-electron chi connectivity index (χ2n) is 5.92. The van der Waals surface area contributed by atoms with E-state index in [1.165, 1.54) is 63.4 Å². The van der Waals surface area contributed by atoms with E-state index in [1.807, 2.05) is 0 Å². The first-order valence-corrected chi connectivity index (χ1v) is 8.70. The number of aliphatic carboxylic acids is 1. The smallest absolute Gasteiger partial charge is 0.303 e. The minimum absolute atomic E-state index is 0.282. The van der Waals surface area contributed by atoms with Crippen LogP contribution in [0.5, 0.6) is 0 Å². The first-order valence-electron chi connectivity index (χ1n) is 8.70. The molecule has 0 fully saturated rings. The number of rotatable bonds is 15. The Labute approximate surface area is 131 Å². The van der Waals surface area contributed by atoms with Crippen LogP contribution in [-0.4, -0.2) is 11.1 Å². The Morgan fingerprint density at radius 1 is 0.857 bits per heavy atom. The van der Waals surface area contributed by atoms with Crippen molar-refractivity contribution in [3.05, 3.63) is 24.3 Å². The predicted molar refractivity (Wildman–Crippen MR) is 91.6 cm³/mol. The molecule has 0 aliphatic carbocycles. The molecule has 2 nitrogen and oxygen atoms in total. The SMILES string of the molecule is C=C(CCCCCC)CCCCCC=CCCCC(=O)O. The van der Waals surface area contributed by atoms with Crippen molar-refractivity contribution in [1.82, 2.24) is 0 Å². The predicted octanol–water partition coefficient (Wildman–Crippen LogP) is 6.27. The third-order valence-electron chi connectivity index (χ3n) is 3.71. The van der Waals surface area contributed by atoms with Gasteiger partial charge in [0.15, 0.2) is 0 Å². The van der Waals surface area contributed by atoms with Crippen LogP contribution >= 0.6 is 0 Å². The van der Waals surface area contributed by atoms with Gasteiger partial charge in [0.1, 0.15) is 0 Å². The summed E-state index contributed by atoms with van der Waals surface area (Å²) < 4.78 is 0. The highest BCUT2D eigenvalue weighted by Gasteiger charge is 1.96. The number of hydrogen-bond acceptors (Lipinski definition) is 1. The van der Waals surface area contributed by atoms with Crippen molar-refractivity contribution in [1.29, 1.82) is 0 Å². The molecule has 21 heavy (non-hydrogen) atoms. The molecule has 0 rings (SSSR count). The number of carboxylic acids is 1. The fourth-order valence-electron chi connectivity index (χ4n) is 2.35. The first-order chi connectivity index (χ1) is 10.2. The summed E-state index contributed by atoms with van der Waals surface area (Å²) in [6, 6.07) is 0. The monoisotopic (exact) mass is 294 g/mol. The maximum Gasteiger partial charge on any atom is 0.303 e. The quantitative estimate of drug-likeness (QED) is 0.285.